The summed E-state index contributed by atoms with van der Waals surface area (Å²) in [4.78, 5) is 20.7. The Morgan fingerprint density at radius 1 is 1.30 bits per heavy atom. The van der Waals surface area contributed by atoms with Gasteiger partial charge in [-0.25, -0.2) is 4.98 Å². The van der Waals surface area contributed by atoms with Gasteiger partial charge in [0.2, 0.25) is 5.13 Å². The summed E-state index contributed by atoms with van der Waals surface area (Å²) in [5.74, 6) is 1.09. The minimum Gasteiger partial charge on any atom is -0.304 e. The lowest BCUT2D eigenvalue weighted by molar-refractivity contribution is 0.102. The standard InChI is InChI=1S/C15H14N6OS/c1-9-16-6-7-21(9)11-4-5-17-12(8-11)13(22)18-15-20-19-14(23-15)10-2-3-10/h4-8,10H,2-3H2,1H3,(H,18,20,22). The predicted octanol–water partition coefficient (Wildman–Crippen LogP) is 2.56. The van der Waals surface area contributed by atoms with E-state index in [2.05, 4.69) is 25.5 Å². The molecule has 1 aliphatic carbocycles. The van der Waals surface area contributed by atoms with Crippen LogP contribution in [0.1, 0.15) is 40.1 Å². The molecular weight excluding hydrogens is 312 g/mol. The highest BCUT2D eigenvalue weighted by Gasteiger charge is 2.27. The average Bonchev–Trinajstić information content (AvgIpc) is 3.16. The van der Waals surface area contributed by atoms with E-state index in [-0.39, 0.29) is 5.91 Å². The third kappa shape index (κ3) is 2.85. The lowest BCUT2D eigenvalue weighted by atomic mass is 10.3. The van der Waals surface area contributed by atoms with Gasteiger partial charge in [-0.3, -0.25) is 15.1 Å². The smallest absolute Gasteiger partial charge is 0.276 e. The van der Waals surface area contributed by atoms with Gasteiger partial charge in [0.1, 0.15) is 16.5 Å². The molecule has 0 saturated heterocycles. The molecule has 3 aromatic rings. The summed E-state index contributed by atoms with van der Waals surface area (Å²) in [6.45, 7) is 1.90. The van der Waals surface area contributed by atoms with Crippen molar-refractivity contribution in [2.45, 2.75) is 25.7 Å². The van der Waals surface area contributed by atoms with Gasteiger partial charge in [0.15, 0.2) is 0 Å². The van der Waals surface area contributed by atoms with E-state index in [1.165, 1.54) is 11.3 Å². The van der Waals surface area contributed by atoms with Crippen molar-refractivity contribution in [2.75, 3.05) is 5.32 Å². The third-order valence-electron chi connectivity index (χ3n) is 3.67. The molecule has 8 heteroatoms. The maximum atomic E-state index is 12.4. The molecule has 3 heterocycles. The average molecular weight is 326 g/mol. The van der Waals surface area contributed by atoms with Crippen LogP contribution in [0.25, 0.3) is 5.69 Å². The molecule has 3 aromatic heterocycles. The summed E-state index contributed by atoms with van der Waals surface area (Å²) < 4.78 is 1.90. The molecule has 0 bridgehead atoms. The number of aromatic nitrogens is 5. The van der Waals surface area contributed by atoms with Gasteiger partial charge in [0, 0.05) is 24.5 Å². The second-order valence-corrected chi connectivity index (χ2v) is 6.43. The second-order valence-electron chi connectivity index (χ2n) is 5.42. The van der Waals surface area contributed by atoms with Gasteiger partial charge in [-0.1, -0.05) is 11.3 Å². The van der Waals surface area contributed by atoms with Crippen LogP contribution >= 0.6 is 11.3 Å². The molecular formula is C15H14N6OS. The van der Waals surface area contributed by atoms with Crippen LogP contribution in [0.4, 0.5) is 5.13 Å². The number of pyridine rings is 1. The number of carbonyl (C=O) groups excluding carboxylic acids is 1. The summed E-state index contributed by atoms with van der Waals surface area (Å²) >= 11 is 1.43. The van der Waals surface area contributed by atoms with E-state index < -0.39 is 0 Å². The molecule has 1 aliphatic rings. The van der Waals surface area contributed by atoms with Crippen LogP contribution in [0.3, 0.4) is 0 Å². The highest BCUT2D eigenvalue weighted by Crippen LogP contribution is 2.42. The fraction of sp³-hybridized carbons (Fsp3) is 0.267. The molecule has 1 amide bonds. The molecule has 1 N–H and O–H groups in total. The number of amides is 1. The fourth-order valence-electron chi connectivity index (χ4n) is 2.29. The first-order valence-corrected chi connectivity index (χ1v) is 8.13. The Balaban J connectivity index is 1.54. The number of carbonyl (C=O) groups is 1. The number of hydrogen-bond donors (Lipinski definition) is 1. The van der Waals surface area contributed by atoms with Crippen LogP contribution in [-0.4, -0.2) is 30.6 Å². The van der Waals surface area contributed by atoms with Crippen molar-refractivity contribution in [1.29, 1.82) is 0 Å². The Morgan fingerprint density at radius 3 is 2.91 bits per heavy atom. The summed E-state index contributed by atoms with van der Waals surface area (Å²) in [5, 5.41) is 12.4. The topological polar surface area (TPSA) is 85.6 Å². The lowest BCUT2D eigenvalue weighted by Gasteiger charge is -2.06. The minimum atomic E-state index is -0.289. The maximum absolute atomic E-state index is 12.4. The molecule has 1 saturated carbocycles. The molecule has 0 atom stereocenters. The van der Waals surface area contributed by atoms with E-state index in [9.17, 15) is 4.79 Å². The minimum absolute atomic E-state index is 0.289. The van der Waals surface area contributed by atoms with Crippen molar-refractivity contribution >= 4 is 22.4 Å². The molecule has 1 fully saturated rings. The Bertz CT molecular complexity index is 866. The molecule has 23 heavy (non-hydrogen) atoms. The Hall–Kier alpha value is -2.61. The number of imidazole rings is 1. The zero-order chi connectivity index (χ0) is 15.8. The molecule has 4 rings (SSSR count). The van der Waals surface area contributed by atoms with Gasteiger partial charge in [-0.2, -0.15) is 0 Å². The highest BCUT2D eigenvalue weighted by molar-refractivity contribution is 7.15. The molecule has 116 valence electrons. The highest BCUT2D eigenvalue weighted by atomic mass is 32.1. The Labute approximate surface area is 136 Å². The largest absolute Gasteiger partial charge is 0.304 e. The number of hydrogen-bond acceptors (Lipinski definition) is 6. The summed E-state index contributed by atoms with van der Waals surface area (Å²) in [7, 11) is 0. The van der Waals surface area contributed by atoms with Crippen LogP contribution in [-0.2, 0) is 0 Å². The third-order valence-corrected chi connectivity index (χ3v) is 4.67. The fourth-order valence-corrected chi connectivity index (χ4v) is 3.19. The summed E-state index contributed by atoms with van der Waals surface area (Å²) in [5.41, 5.74) is 1.18. The first-order chi connectivity index (χ1) is 11.2. The van der Waals surface area contributed by atoms with Crippen molar-refractivity contribution < 1.29 is 4.79 Å². The van der Waals surface area contributed by atoms with Crippen LogP contribution in [0.15, 0.2) is 30.7 Å². The molecule has 0 aliphatic heterocycles. The zero-order valence-corrected chi connectivity index (χ0v) is 13.2. The Morgan fingerprint density at radius 2 is 2.17 bits per heavy atom. The summed E-state index contributed by atoms with van der Waals surface area (Å²) in [6, 6.07) is 3.56. The zero-order valence-electron chi connectivity index (χ0n) is 12.4. The van der Waals surface area contributed by atoms with E-state index >= 15 is 0 Å². The SMILES string of the molecule is Cc1nccn1-c1ccnc(C(=O)Nc2nnc(C3CC3)s2)c1. The normalized spacial score (nSPS) is 14.0. The van der Waals surface area contributed by atoms with E-state index in [0.717, 1.165) is 29.4 Å². The van der Waals surface area contributed by atoms with Gasteiger partial charge in [-0.05, 0) is 31.9 Å². The molecule has 7 nitrogen and oxygen atoms in total. The van der Waals surface area contributed by atoms with E-state index in [4.69, 9.17) is 0 Å². The Kier molecular flexibility index (Phi) is 3.38. The van der Waals surface area contributed by atoms with Crippen molar-refractivity contribution in [3.05, 3.63) is 47.2 Å². The first-order valence-electron chi connectivity index (χ1n) is 7.32. The van der Waals surface area contributed by atoms with Crippen molar-refractivity contribution in [2.24, 2.45) is 0 Å². The van der Waals surface area contributed by atoms with Crippen LogP contribution < -0.4 is 5.32 Å². The van der Waals surface area contributed by atoms with Gasteiger partial charge in [0.05, 0.1) is 5.69 Å². The number of aryl methyl sites for hydroxylation is 1. The van der Waals surface area contributed by atoms with Crippen molar-refractivity contribution in [1.82, 2.24) is 24.7 Å². The lowest BCUT2D eigenvalue weighted by Crippen LogP contribution is -2.14. The van der Waals surface area contributed by atoms with E-state index in [1.54, 1.807) is 18.5 Å². The quantitative estimate of drug-likeness (QED) is 0.796. The van der Waals surface area contributed by atoms with Crippen molar-refractivity contribution in [3.8, 4) is 5.69 Å². The molecule has 0 aromatic carbocycles. The van der Waals surface area contributed by atoms with Crippen LogP contribution in [0.5, 0.6) is 0 Å². The first kappa shape index (κ1) is 14.0. The number of nitrogens with one attached hydrogen (secondary N) is 1. The monoisotopic (exact) mass is 326 g/mol. The van der Waals surface area contributed by atoms with Gasteiger partial charge in [-0.15, -0.1) is 10.2 Å². The van der Waals surface area contributed by atoms with Gasteiger partial charge < -0.3 is 4.57 Å². The predicted molar refractivity (Wildman–Crippen MR) is 85.9 cm³/mol. The van der Waals surface area contributed by atoms with Crippen molar-refractivity contribution in [3.63, 3.8) is 0 Å². The maximum Gasteiger partial charge on any atom is 0.276 e. The number of anilines is 1. The van der Waals surface area contributed by atoms with E-state index in [0.29, 0.717) is 16.7 Å². The summed E-state index contributed by atoms with van der Waals surface area (Å²) in [6.07, 6.45) is 7.50. The number of rotatable bonds is 4. The van der Waals surface area contributed by atoms with Gasteiger partial charge in [0.25, 0.3) is 5.91 Å². The van der Waals surface area contributed by atoms with Crippen LogP contribution in [0.2, 0.25) is 0 Å². The molecule has 0 unspecified atom stereocenters. The van der Waals surface area contributed by atoms with Gasteiger partial charge >= 0.3 is 0 Å². The van der Waals surface area contributed by atoms with Crippen LogP contribution in [0, 0.1) is 6.92 Å². The number of nitrogens with zero attached hydrogens (tertiary/aromatic N) is 5. The molecule has 0 radical (unpaired) electrons. The second kappa shape index (κ2) is 5.54. The van der Waals surface area contributed by atoms with E-state index in [1.807, 2.05) is 23.8 Å². The molecule has 0 spiro atoms.